The molecule has 114 valence electrons. The van der Waals surface area contributed by atoms with Crippen molar-refractivity contribution in [1.82, 2.24) is 0 Å². The van der Waals surface area contributed by atoms with E-state index in [1.165, 1.54) is 43.2 Å². The maximum Gasteiger partial charge on any atom is 0.127 e. The fraction of sp³-hybridized carbons (Fsp3) is 0.429. The molecule has 2 aromatic carbocycles. The molecule has 0 N–H and O–H groups in total. The average Bonchev–Trinajstić information content (AvgIpc) is 3.19. The summed E-state index contributed by atoms with van der Waals surface area (Å²) in [5, 5.41) is 0. The number of benzene rings is 2. The third-order valence-electron chi connectivity index (χ3n) is 5.60. The van der Waals surface area contributed by atoms with Crippen LogP contribution in [-0.2, 0) is 0 Å². The predicted octanol–water partition coefficient (Wildman–Crippen LogP) is 5.56. The summed E-state index contributed by atoms with van der Waals surface area (Å²) in [4.78, 5) is 0. The van der Waals surface area contributed by atoms with E-state index in [-0.39, 0.29) is 0 Å². The Morgan fingerprint density at radius 2 is 1.68 bits per heavy atom. The summed E-state index contributed by atoms with van der Waals surface area (Å²) >= 11 is 0. The second-order valence-electron chi connectivity index (χ2n) is 6.93. The van der Waals surface area contributed by atoms with Crippen LogP contribution in [0.25, 0.3) is 11.1 Å². The summed E-state index contributed by atoms with van der Waals surface area (Å²) in [6.45, 7) is 0.859. The maximum atomic E-state index is 6.16. The first-order valence-corrected chi connectivity index (χ1v) is 8.67. The van der Waals surface area contributed by atoms with Gasteiger partial charge in [-0.25, -0.2) is 0 Å². The van der Waals surface area contributed by atoms with Crippen molar-refractivity contribution >= 4 is 0 Å². The molecule has 2 aromatic rings. The lowest BCUT2D eigenvalue weighted by molar-refractivity contribution is 0.235. The molecule has 2 bridgehead atoms. The van der Waals surface area contributed by atoms with Gasteiger partial charge >= 0.3 is 0 Å². The molecule has 0 aliphatic heterocycles. The molecule has 0 saturated heterocycles. The molecule has 0 heterocycles. The molecule has 0 amide bonds. The number of rotatable bonds is 5. The van der Waals surface area contributed by atoms with Gasteiger partial charge in [-0.1, -0.05) is 55.0 Å². The van der Waals surface area contributed by atoms with Crippen molar-refractivity contribution in [2.45, 2.75) is 32.1 Å². The van der Waals surface area contributed by atoms with Crippen molar-refractivity contribution in [3.63, 3.8) is 0 Å². The molecule has 2 fully saturated rings. The van der Waals surface area contributed by atoms with Gasteiger partial charge < -0.3 is 4.74 Å². The first-order chi connectivity index (χ1) is 10.9. The van der Waals surface area contributed by atoms with Crippen LogP contribution < -0.4 is 4.74 Å². The monoisotopic (exact) mass is 292 g/mol. The highest BCUT2D eigenvalue weighted by Gasteiger charge is 2.38. The molecule has 1 heteroatoms. The Morgan fingerprint density at radius 3 is 2.45 bits per heavy atom. The van der Waals surface area contributed by atoms with Crippen molar-refractivity contribution < 1.29 is 4.74 Å². The normalized spacial score (nSPS) is 26.3. The fourth-order valence-corrected chi connectivity index (χ4v) is 4.50. The Labute approximate surface area is 133 Å². The molecule has 1 nitrogen and oxygen atoms in total. The van der Waals surface area contributed by atoms with Crippen molar-refractivity contribution in [3.8, 4) is 16.9 Å². The second-order valence-corrected chi connectivity index (χ2v) is 6.93. The summed E-state index contributed by atoms with van der Waals surface area (Å²) in [5.41, 5.74) is 2.44. The number of fused-ring (bicyclic) bond motifs is 2. The van der Waals surface area contributed by atoms with Gasteiger partial charge in [-0.3, -0.25) is 0 Å². The van der Waals surface area contributed by atoms with Gasteiger partial charge in [-0.2, -0.15) is 0 Å². The summed E-state index contributed by atoms with van der Waals surface area (Å²) in [7, 11) is 0. The van der Waals surface area contributed by atoms with Crippen LogP contribution in [0.2, 0.25) is 0 Å². The topological polar surface area (TPSA) is 9.23 Å². The quantitative estimate of drug-likeness (QED) is 0.701. The highest BCUT2D eigenvalue weighted by molar-refractivity contribution is 5.70. The molecule has 2 aliphatic carbocycles. The zero-order valence-electron chi connectivity index (χ0n) is 13.1. The SMILES string of the molecule is c1ccc(-c2ccccc2OCCC2CC3CCC2C3)cc1. The molecular formula is C21H24O. The van der Waals surface area contributed by atoms with Crippen LogP contribution in [0.4, 0.5) is 0 Å². The van der Waals surface area contributed by atoms with Gasteiger partial charge in [0.15, 0.2) is 0 Å². The van der Waals surface area contributed by atoms with E-state index in [2.05, 4.69) is 54.6 Å². The van der Waals surface area contributed by atoms with Crippen LogP contribution in [0, 0.1) is 17.8 Å². The van der Waals surface area contributed by atoms with E-state index >= 15 is 0 Å². The molecule has 0 spiro atoms. The molecule has 22 heavy (non-hydrogen) atoms. The summed E-state index contributed by atoms with van der Waals surface area (Å²) in [5.74, 6) is 3.98. The van der Waals surface area contributed by atoms with Crippen LogP contribution >= 0.6 is 0 Å². The minimum absolute atomic E-state index is 0.859. The molecule has 4 rings (SSSR count). The van der Waals surface area contributed by atoms with Crippen LogP contribution in [-0.4, -0.2) is 6.61 Å². The Hall–Kier alpha value is -1.76. The van der Waals surface area contributed by atoms with E-state index in [1.807, 2.05) is 0 Å². The van der Waals surface area contributed by atoms with E-state index < -0.39 is 0 Å². The number of hydrogen-bond acceptors (Lipinski definition) is 1. The van der Waals surface area contributed by atoms with Gasteiger partial charge in [-0.05, 0) is 55.1 Å². The second kappa shape index (κ2) is 6.16. The average molecular weight is 292 g/mol. The Balaban J connectivity index is 1.41. The van der Waals surface area contributed by atoms with Crippen molar-refractivity contribution in [3.05, 3.63) is 54.6 Å². The Bertz CT molecular complexity index is 619. The standard InChI is InChI=1S/C21H24O/c1-2-6-17(7-3-1)20-8-4-5-9-21(20)22-13-12-19-15-16-10-11-18(19)14-16/h1-9,16,18-19H,10-15H2. The van der Waals surface area contributed by atoms with Crippen molar-refractivity contribution in [1.29, 1.82) is 0 Å². The van der Waals surface area contributed by atoms with Gasteiger partial charge in [0.1, 0.15) is 5.75 Å². The smallest absolute Gasteiger partial charge is 0.127 e. The zero-order chi connectivity index (χ0) is 14.8. The van der Waals surface area contributed by atoms with Crippen molar-refractivity contribution in [2.75, 3.05) is 6.61 Å². The number of hydrogen-bond donors (Lipinski definition) is 0. The summed E-state index contributed by atoms with van der Waals surface area (Å²) in [6, 6.07) is 18.9. The summed E-state index contributed by atoms with van der Waals surface area (Å²) in [6.07, 6.45) is 7.12. The fourth-order valence-electron chi connectivity index (χ4n) is 4.50. The van der Waals surface area contributed by atoms with E-state index in [4.69, 9.17) is 4.74 Å². The number of ether oxygens (including phenoxy) is 1. The molecule has 2 aliphatic rings. The molecule has 2 saturated carbocycles. The molecule has 0 radical (unpaired) electrons. The Kier molecular flexibility index (Phi) is 3.88. The molecule has 0 aromatic heterocycles. The Morgan fingerprint density at radius 1 is 0.864 bits per heavy atom. The van der Waals surface area contributed by atoms with Crippen LogP contribution in [0.3, 0.4) is 0 Å². The van der Waals surface area contributed by atoms with Crippen LogP contribution in [0.5, 0.6) is 5.75 Å². The molecular weight excluding hydrogens is 268 g/mol. The molecule has 3 unspecified atom stereocenters. The largest absolute Gasteiger partial charge is 0.493 e. The van der Waals surface area contributed by atoms with Gasteiger partial charge in [0, 0.05) is 5.56 Å². The predicted molar refractivity (Wildman–Crippen MR) is 90.9 cm³/mol. The van der Waals surface area contributed by atoms with E-state index in [9.17, 15) is 0 Å². The van der Waals surface area contributed by atoms with Gasteiger partial charge in [0.25, 0.3) is 0 Å². The van der Waals surface area contributed by atoms with E-state index in [0.29, 0.717) is 0 Å². The summed E-state index contributed by atoms with van der Waals surface area (Å²) < 4.78 is 6.16. The van der Waals surface area contributed by atoms with Crippen LogP contribution in [0.15, 0.2) is 54.6 Å². The zero-order valence-corrected chi connectivity index (χ0v) is 13.1. The lowest BCUT2D eigenvalue weighted by atomic mass is 9.87. The highest BCUT2D eigenvalue weighted by atomic mass is 16.5. The molecule has 3 atom stereocenters. The van der Waals surface area contributed by atoms with Gasteiger partial charge in [0.05, 0.1) is 6.61 Å². The lowest BCUT2D eigenvalue weighted by Gasteiger charge is -2.21. The maximum absolute atomic E-state index is 6.16. The van der Waals surface area contributed by atoms with Gasteiger partial charge in [-0.15, -0.1) is 0 Å². The minimum atomic E-state index is 0.859. The highest BCUT2D eigenvalue weighted by Crippen LogP contribution is 2.49. The van der Waals surface area contributed by atoms with Crippen LogP contribution in [0.1, 0.15) is 32.1 Å². The third kappa shape index (κ3) is 2.77. The first kappa shape index (κ1) is 13.9. The van der Waals surface area contributed by atoms with E-state index in [0.717, 1.165) is 30.1 Å². The van der Waals surface area contributed by atoms with E-state index in [1.54, 1.807) is 0 Å². The lowest BCUT2D eigenvalue weighted by Crippen LogP contribution is -2.14. The van der Waals surface area contributed by atoms with Gasteiger partial charge in [0.2, 0.25) is 0 Å². The van der Waals surface area contributed by atoms with Crippen molar-refractivity contribution in [2.24, 2.45) is 17.8 Å². The number of para-hydroxylation sites is 1. The minimum Gasteiger partial charge on any atom is -0.493 e. The third-order valence-corrected chi connectivity index (χ3v) is 5.60. The first-order valence-electron chi connectivity index (χ1n) is 8.67.